The molecule has 3 N–H and O–H groups in total. The molecule has 0 saturated heterocycles. The predicted octanol–water partition coefficient (Wildman–Crippen LogP) is 6.34. The van der Waals surface area contributed by atoms with E-state index in [4.69, 9.17) is 4.74 Å². The largest absolute Gasteiger partial charge is 0.477 e. The van der Waals surface area contributed by atoms with Crippen LogP contribution in [0.2, 0.25) is 0 Å². The summed E-state index contributed by atoms with van der Waals surface area (Å²) in [5.74, 6) is -0.198. The van der Waals surface area contributed by atoms with Crippen molar-refractivity contribution in [1.29, 1.82) is 0 Å². The number of aromatic carboxylic acids is 1. The maximum absolute atomic E-state index is 13.0. The maximum Gasteiger partial charge on any atom is 0.416 e. The van der Waals surface area contributed by atoms with Gasteiger partial charge in [0.2, 0.25) is 5.95 Å². The molecule has 0 unspecified atom stereocenters. The smallest absolute Gasteiger partial charge is 0.416 e. The molecule has 0 amide bonds. The zero-order valence-electron chi connectivity index (χ0n) is 18.1. The van der Waals surface area contributed by atoms with Gasteiger partial charge >= 0.3 is 12.1 Å². The van der Waals surface area contributed by atoms with Crippen molar-refractivity contribution in [3.05, 3.63) is 102 Å². The van der Waals surface area contributed by atoms with Crippen LogP contribution in [-0.2, 0) is 12.7 Å². The Hall–Kier alpha value is -4.60. The number of benzene rings is 3. The molecule has 7 nitrogen and oxygen atoms in total. The van der Waals surface area contributed by atoms with E-state index in [2.05, 4.69) is 20.6 Å². The molecule has 0 fully saturated rings. The fourth-order valence-electron chi connectivity index (χ4n) is 3.16. The van der Waals surface area contributed by atoms with Crippen LogP contribution >= 0.6 is 0 Å². The van der Waals surface area contributed by atoms with E-state index in [-0.39, 0.29) is 23.9 Å². The predicted molar refractivity (Wildman–Crippen MR) is 124 cm³/mol. The Morgan fingerprint density at radius 1 is 0.971 bits per heavy atom. The third-order valence-electron chi connectivity index (χ3n) is 4.84. The van der Waals surface area contributed by atoms with Crippen molar-refractivity contribution in [2.24, 2.45) is 0 Å². The van der Waals surface area contributed by atoms with Crippen LogP contribution in [0.3, 0.4) is 0 Å². The molecule has 4 aromatic rings. The SMILES string of the molecule is O=C(O)c1cnc(NCc2cccc(C(F)(F)F)c2)nc1Nc1ccccc1Oc1ccccc1. The zero-order valence-corrected chi connectivity index (χ0v) is 18.1. The van der Waals surface area contributed by atoms with Gasteiger partial charge in [0.1, 0.15) is 11.3 Å². The normalized spacial score (nSPS) is 11.1. The number of halogens is 3. The first-order chi connectivity index (χ1) is 16.8. The molecule has 0 aliphatic carbocycles. The second-order valence-corrected chi connectivity index (χ2v) is 7.35. The van der Waals surface area contributed by atoms with E-state index in [1.165, 1.54) is 12.1 Å². The lowest BCUT2D eigenvalue weighted by atomic mass is 10.1. The average Bonchev–Trinajstić information content (AvgIpc) is 2.84. The Kier molecular flexibility index (Phi) is 6.81. The quantitative estimate of drug-likeness (QED) is 0.271. The van der Waals surface area contributed by atoms with E-state index >= 15 is 0 Å². The standard InChI is InChI=1S/C25H19F3N4O3/c26-25(27,28)17-8-6-7-16(13-17)14-29-24-30-15-19(23(33)34)22(32-24)31-20-11-4-5-12-21(20)35-18-9-2-1-3-10-18/h1-13,15H,14H2,(H,33,34)(H2,29,30,31,32). The topological polar surface area (TPSA) is 96.4 Å². The van der Waals surface area contributed by atoms with Gasteiger partial charge in [0, 0.05) is 12.7 Å². The van der Waals surface area contributed by atoms with Gasteiger partial charge in [0.25, 0.3) is 0 Å². The van der Waals surface area contributed by atoms with E-state index in [0.717, 1.165) is 18.3 Å². The molecule has 0 aliphatic rings. The van der Waals surface area contributed by atoms with E-state index in [1.807, 2.05) is 18.2 Å². The number of carboxylic acid groups (broad SMARTS) is 1. The molecule has 0 atom stereocenters. The van der Waals surface area contributed by atoms with Crippen LogP contribution in [0.4, 0.5) is 30.6 Å². The Balaban J connectivity index is 1.57. The van der Waals surface area contributed by atoms with Crippen LogP contribution in [0.5, 0.6) is 11.5 Å². The van der Waals surface area contributed by atoms with Crippen LogP contribution in [-0.4, -0.2) is 21.0 Å². The van der Waals surface area contributed by atoms with Crippen molar-refractivity contribution in [1.82, 2.24) is 9.97 Å². The summed E-state index contributed by atoms with van der Waals surface area (Å²) in [5, 5.41) is 15.4. The first-order valence-corrected chi connectivity index (χ1v) is 10.4. The summed E-state index contributed by atoms with van der Waals surface area (Å²) in [4.78, 5) is 19.9. The summed E-state index contributed by atoms with van der Waals surface area (Å²) in [7, 11) is 0. The van der Waals surface area contributed by atoms with Crippen molar-refractivity contribution in [2.45, 2.75) is 12.7 Å². The van der Waals surface area contributed by atoms with E-state index in [1.54, 1.807) is 36.4 Å². The second kappa shape index (κ2) is 10.1. The summed E-state index contributed by atoms with van der Waals surface area (Å²) in [5.41, 5.74) is -0.135. The highest BCUT2D eigenvalue weighted by molar-refractivity contribution is 5.94. The van der Waals surface area contributed by atoms with Crippen molar-refractivity contribution in [3.63, 3.8) is 0 Å². The van der Waals surface area contributed by atoms with Crippen molar-refractivity contribution < 1.29 is 27.8 Å². The highest BCUT2D eigenvalue weighted by atomic mass is 19.4. The zero-order chi connectivity index (χ0) is 24.8. The third kappa shape index (κ3) is 6.05. The van der Waals surface area contributed by atoms with Crippen LogP contribution in [0.25, 0.3) is 0 Å². The maximum atomic E-state index is 13.0. The molecule has 0 aliphatic heterocycles. The Labute approximate surface area is 198 Å². The number of alkyl halides is 3. The molecule has 1 aromatic heterocycles. The number of carboxylic acids is 1. The van der Waals surface area contributed by atoms with Crippen molar-refractivity contribution >= 4 is 23.4 Å². The van der Waals surface area contributed by atoms with Crippen molar-refractivity contribution in [2.75, 3.05) is 10.6 Å². The van der Waals surface area contributed by atoms with Crippen LogP contribution in [0, 0.1) is 0 Å². The lowest BCUT2D eigenvalue weighted by molar-refractivity contribution is -0.137. The highest BCUT2D eigenvalue weighted by Crippen LogP contribution is 2.32. The van der Waals surface area contributed by atoms with E-state index < -0.39 is 17.7 Å². The van der Waals surface area contributed by atoms with Gasteiger partial charge in [-0.1, -0.05) is 42.5 Å². The Morgan fingerprint density at radius 3 is 2.46 bits per heavy atom. The van der Waals surface area contributed by atoms with Gasteiger partial charge in [-0.2, -0.15) is 18.2 Å². The first-order valence-electron chi connectivity index (χ1n) is 10.4. The minimum Gasteiger partial charge on any atom is -0.477 e. The molecule has 3 aromatic carbocycles. The molecule has 4 rings (SSSR count). The summed E-state index contributed by atoms with van der Waals surface area (Å²) in [6.45, 7) is 0.00346. The van der Waals surface area contributed by atoms with Gasteiger partial charge < -0.3 is 20.5 Å². The summed E-state index contributed by atoms with van der Waals surface area (Å²) in [6.07, 6.45) is -3.34. The molecule has 0 bridgehead atoms. The Bertz CT molecular complexity index is 1330. The minimum absolute atomic E-state index is 0.00346. The monoisotopic (exact) mass is 480 g/mol. The van der Waals surface area contributed by atoms with Gasteiger partial charge in [0.15, 0.2) is 11.6 Å². The average molecular weight is 480 g/mol. The van der Waals surface area contributed by atoms with Gasteiger partial charge in [-0.05, 0) is 42.0 Å². The number of para-hydroxylation sites is 3. The fourth-order valence-corrected chi connectivity index (χ4v) is 3.16. The molecule has 178 valence electrons. The van der Waals surface area contributed by atoms with E-state index in [9.17, 15) is 23.1 Å². The summed E-state index contributed by atoms with van der Waals surface area (Å²) >= 11 is 0. The van der Waals surface area contributed by atoms with Gasteiger partial charge in [-0.15, -0.1) is 0 Å². The summed E-state index contributed by atoms with van der Waals surface area (Å²) in [6, 6.07) is 20.8. The number of ether oxygens (including phenoxy) is 1. The number of aromatic nitrogens is 2. The van der Waals surface area contributed by atoms with Crippen LogP contribution in [0.15, 0.2) is 85.1 Å². The van der Waals surface area contributed by atoms with Crippen LogP contribution < -0.4 is 15.4 Å². The molecular weight excluding hydrogens is 461 g/mol. The number of hydrogen-bond acceptors (Lipinski definition) is 6. The number of nitrogens with zero attached hydrogens (tertiary/aromatic N) is 2. The summed E-state index contributed by atoms with van der Waals surface area (Å²) < 4.78 is 44.8. The number of rotatable bonds is 8. The minimum atomic E-state index is -4.46. The van der Waals surface area contributed by atoms with Crippen LogP contribution in [0.1, 0.15) is 21.5 Å². The lowest BCUT2D eigenvalue weighted by Crippen LogP contribution is -2.11. The van der Waals surface area contributed by atoms with Gasteiger partial charge in [0.05, 0.1) is 11.3 Å². The van der Waals surface area contributed by atoms with E-state index in [0.29, 0.717) is 22.7 Å². The number of nitrogens with one attached hydrogen (secondary N) is 2. The molecule has 35 heavy (non-hydrogen) atoms. The molecule has 0 radical (unpaired) electrons. The second-order valence-electron chi connectivity index (χ2n) is 7.35. The number of hydrogen-bond donors (Lipinski definition) is 3. The first kappa shape index (κ1) is 23.6. The molecule has 0 spiro atoms. The molecule has 0 saturated carbocycles. The highest BCUT2D eigenvalue weighted by Gasteiger charge is 2.30. The lowest BCUT2D eigenvalue weighted by Gasteiger charge is -2.15. The third-order valence-corrected chi connectivity index (χ3v) is 4.84. The number of carbonyl (C=O) groups is 1. The van der Waals surface area contributed by atoms with Gasteiger partial charge in [-0.25, -0.2) is 9.78 Å². The molecule has 10 heteroatoms. The van der Waals surface area contributed by atoms with Crippen molar-refractivity contribution in [3.8, 4) is 11.5 Å². The van der Waals surface area contributed by atoms with Gasteiger partial charge in [-0.3, -0.25) is 0 Å². The fraction of sp³-hybridized carbons (Fsp3) is 0.0800. The Morgan fingerprint density at radius 2 is 1.71 bits per heavy atom. The number of anilines is 3. The molecular formula is C25H19F3N4O3. The molecule has 1 heterocycles.